The lowest BCUT2D eigenvalue weighted by molar-refractivity contribution is 0.982. The molecule has 0 spiro atoms. The standard InChI is InChI=1S/C12H13Br/c1-5-8(2)11-7-6-9(3)12(13)10(11)4/h1,6-8H,2-4H3. The molecule has 0 saturated carbocycles. The van der Waals surface area contributed by atoms with Crippen molar-refractivity contribution >= 4 is 15.9 Å². The third-order valence-corrected chi connectivity index (χ3v) is 3.56. The van der Waals surface area contributed by atoms with Crippen LogP contribution in [0.5, 0.6) is 0 Å². The van der Waals surface area contributed by atoms with Crippen molar-refractivity contribution in [2.75, 3.05) is 0 Å². The van der Waals surface area contributed by atoms with Gasteiger partial charge in [-0.1, -0.05) is 34.0 Å². The van der Waals surface area contributed by atoms with Crippen molar-refractivity contribution in [2.45, 2.75) is 26.7 Å². The van der Waals surface area contributed by atoms with Crippen molar-refractivity contribution in [2.24, 2.45) is 0 Å². The highest BCUT2D eigenvalue weighted by molar-refractivity contribution is 9.10. The van der Waals surface area contributed by atoms with E-state index in [0.29, 0.717) is 0 Å². The molecule has 1 heteroatoms. The summed E-state index contributed by atoms with van der Waals surface area (Å²) in [4.78, 5) is 0. The number of aryl methyl sites for hydroxylation is 1. The van der Waals surface area contributed by atoms with Gasteiger partial charge in [-0.15, -0.1) is 6.42 Å². The molecule has 0 fully saturated rings. The summed E-state index contributed by atoms with van der Waals surface area (Å²) in [5.41, 5.74) is 3.75. The van der Waals surface area contributed by atoms with Crippen molar-refractivity contribution in [3.05, 3.63) is 33.3 Å². The Hall–Kier alpha value is -0.740. The van der Waals surface area contributed by atoms with Gasteiger partial charge in [0.1, 0.15) is 0 Å². The Labute approximate surface area is 88.5 Å². The maximum atomic E-state index is 5.40. The maximum Gasteiger partial charge on any atom is 0.0424 e. The lowest BCUT2D eigenvalue weighted by atomic mass is 9.96. The van der Waals surface area contributed by atoms with Crippen molar-refractivity contribution in [1.29, 1.82) is 0 Å². The van der Waals surface area contributed by atoms with Crippen LogP contribution in [0.3, 0.4) is 0 Å². The molecule has 1 unspecified atom stereocenters. The Morgan fingerprint density at radius 2 is 2.00 bits per heavy atom. The van der Waals surface area contributed by atoms with Crippen LogP contribution in [-0.2, 0) is 0 Å². The van der Waals surface area contributed by atoms with Crippen LogP contribution in [0.15, 0.2) is 16.6 Å². The van der Waals surface area contributed by atoms with Crippen LogP contribution in [0, 0.1) is 26.2 Å². The minimum Gasteiger partial charge on any atom is -0.119 e. The average Bonchev–Trinajstić information content (AvgIpc) is 2.13. The van der Waals surface area contributed by atoms with Gasteiger partial charge in [-0.3, -0.25) is 0 Å². The lowest BCUT2D eigenvalue weighted by Crippen LogP contribution is -1.95. The van der Waals surface area contributed by atoms with E-state index in [1.807, 2.05) is 6.92 Å². The summed E-state index contributed by atoms with van der Waals surface area (Å²) in [7, 11) is 0. The molecule has 1 aromatic carbocycles. The second-order valence-corrected chi connectivity index (χ2v) is 4.09. The Balaban J connectivity index is 3.28. The number of halogens is 1. The van der Waals surface area contributed by atoms with E-state index in [2.05, 4.69) is 47.8 Å². The van der Waals surface area contributed by atoms with Gasteiger partial charge < -0.3 is 0 Å². The predicted molar refractivity (Wildman–Crippen MR) is 60.9 cm³/mol. The minimum atomic E-state index is 0.192. The summed E-state index contributed by atoms with van der Waals surface area (Å²) in [5.74, 6) is 2.94. The van der Waals surface area contributed by atoms with Crippen LogP contribution in [-0.4, -0.2) is 0 Å². The molecule has 0 aliphatic carbocycles. The van der Waals surface area contributed by atoms with E-state index >= 15 is 0 Å². The molecule has 1 aromatic rings. The molecule has 1 atom stereocenters. The van der Waals surface area contributed by atoms with Crippen molar-refractivity contribution in [3.8, 4) is 12.3 Å². The van der Waals surface area contributed by atoms with E-state index in [0.717, 1.165) is 0 Å². The fourth-order valence-corrected chi connectivity index (χ4v) is 1.76. The lowest BCUT2D eigenvalue weighted by Gasteiger charge is -2.12. The SMILES string of the molecule is C#CC(C)c1ccc(C)c(Br)c1C. The topological polar surface area (TPSA) is 0 Å². The second-order valence-electron chi connectivity index (χ2n) is 3.30. The zero-order valence-corrected chi connectivity index (χ0v) is 9.77. The van der Waals surface area contributed by atoms with Crippen molar-refractivity contribution < 1.29 is 0 Å². The van der Waals surface area contributed by atoms with Gasteiger partial charge in [-0.25, -0.2) is 0 Å². The van der Waals surface area contributed by atoms with Crippen LogP contribution in [0.25, 0.3) is 0 Å². The van der Waals surface area contributed by atoms with E-state index < -0.39 is 0 Å². The van der Waals surface area contributed by atoms with Crippen LogP contribution in [0.1, 0.15) is 29.5 Å². The molecule has 13 heavy (non-hydrogen) atoms. The van der Waals surface area contributed by atoms with Gasteiger partial charge in [0.25, 0.3) is 0 Å². The Bertz CT molecular complexity index is 358. The molecule has 0 nitrogen and oxygen atoms in total. The van der Waals surface area contributed by atoms with Crippen LogP contribution in [0.2, 0.25) is 0 Å². The molecule has 0 heterocycles. The summed E-state index contributed by atoms with van der Waals surface area (Å²) in [6.45, 7) is 6.23. The zero-order chi connectivity index (χ0) is 10.0. The summed E-state index contributed by atoms with van der Waals surface area (Å²) in [6.07, 6.45) is 5.40. The fourth-order valence-electron chi connectivity index (χ4n) is 1.39. The summed E-state index contributed by atoms with van der Waals surface area (Å²) >= 11 is 3.56. The number of rotatable bonds is 1. The Kier molecular flexibility index (Phi) is 3.17. The first kappa shape index (κ1) is 10.3. The largest absolute Gasteiger partial charge is 0.119 e. The Morgan fingerprint density at radius 3 is 2.54 bits per heavy atom. The molecule has 0 aromatic heterocycles. The zero-order valence-electron chi connectivity index (χ0n) is 8.19. The molecule has 1 rings (SSSR count). The van der Waals surface area contributed by atoms with Gasteiger partial charge in [0, 0.05) is 10.4 Å². The highest BCUT2D eigenvalue weighted by Gasteiger charge is 2.08. The van der Waals surface area contributed by atoms with Crippen LogP contribution in [0.4, 0.5) is 0 Å². The van der Waals surface area contributed by atoms with Gasteiger partial charge in [-0.2, -0.15) is 0 Å². The summed E-state index contributed by atoms with van der Waals surface area (Å²) in [6, 6.07) is 4.21. The molecule has 0 amide bonds. The highest BCUT2D eigenvalue weighted by Crippen LogP contribution is 2.28. The number of benzene rings is 1. The number of terminal acetylenes is 1. The average molecular weight is 237 g/mol. The normalized spacial score (nSPS) is 12.2. The summed E-state index contributed by atoms with van der Waals surface area (Å²) < 4.78 is 1.17. The number of hydrogen-bond acceptors (Lipinski definition) is 0. The molecule has 0 radical (unpaired) electrons. The van der Waals surface area contributed by atoms with Gasteiger partial charge in [0.05, 0.1) is 0 Å². The van der Waals surface area contributed by atoms with Gasteiger partial charge in [-0.05, 0) is 37.5 Å². The van der Waals surface area contributed by atoms with Crippen molar-refractivity contribution in [1.82, 2.24) is 0 Å². The third-order valence-electron chi connectivity index (χ3n) is 2.34. The maximum absolute atomic E-state index is 5.40. The highest BCUT2D eigenvalue weighted by atomic mass is 79.9. The van der Waals surface area contributed by atoms with Crippen LogP contribution >= 0.6 is 15.9 Å². The molecular weight excluding hydrogens is 224 g/mol. The first-order chi connectivity index (χ1) is 6.07. The van der Waals surface area contributed by atoms with E-state index in [1.165, 1.54) is 21.2 Å². The molecule has 0 bridgehead atoms. The van der Waals surface area contributed by atoms with E-state index in [-0.39, 0.29) is 5.92 Å². The van der Waals surface area contributed by atoms with Gasteiger partial charge in [0.15, 0.2) is 0 Å². The van der Waals surface area contributed by atoms with E-state index in [1.54, 1.807) is 0 Å². The molecular formula is C12H13Br. The summed E-state index contributed by atoms with van der Waals surface area (Å²) in [5, 5.41) is 0. The molecule has 0 saturated heterocycles. The van der Waals surface area contributed by atoms with Gasteiger partial charge in [0.2, 0.25) is 0 Å². The minimum absolute atomic E-state index is 0.192. The fraction of sp³-hybridized carbons (Fsp3) is 0.333. The van der Waals surface area contributed by atoms with E-state index in [4.69, 9.17) is 6.42 Å². The molecule has 68 valence electrons. The molecule has 0 aliphatic rings. The van der Waals surface area contributed by atoms with Gasteiger partial charge >= 0.3 is 0 Å². The first-order valence-corrected chi connectivity index (χ1v) is 5.09. The molecule has 0 N–H and O–H groups in total. The first-order valence-electron chi connectivity index (χ1n) is 4.29. The predicted octanol–water partition coefficient (Wildman–Crippen LogP) is 3.80. The van der Waals surface area contributed by atoms with Crippen molar-refractivity contribution in [3.63, 3.8) is 0 Å². The molecule has 0 aliphatic heterocycles. The Morgan fingerprint density at radius 1 is 1.38 bits per heavy atom. The second kappa shape index (κ2) is 3.98. The van der Waals surface area contributed by atoms with Crippen LogP contribution < -0.4 is 0 Å². The smallest absolute Gasteiger partial charge is 0.0424 e. The third kappa shape index (κ3) is 1.95. The van der Waals surface area contributed by atoms with E-state index in [9.17, 15) is 0 Å². The number of hydrogen-bond donors (Lipinski definition) is 0. The monoisotopic (exact) mass is 236 g/mol. The quantitative estimate of drug-likeness (QED) is 0.651.